The molecule has 0 radical (unpaired) electrons. The fraction of sp³-hybridized carbons (Fsp3) is 0.667. The highest BCUT2D eigenvalue weighted by Gasteiger charge is 2.45. The summed E-state index contributed by atoms with van der Waals surface area (Å²) in [5.74, 6) is -0.984. The molecule has 21 heavy (non-hydrogen) atoms. The van der Waals surface area contributed by atoms with Crippen LogP contribution in [0.3, 0.4) is 0 Å². The number of nitrogens with zero attached hydrogens (tertiary/aromatic N) is 3. The summed E-state index contributed by atoms with van der Waals surface area (Å²) in [6.07, 6.45) is 8.41. The van der Waals surface area contributed by atoms with Crippen molar-refractivity contribution in [3.63, 3.8) is 0 Å². The van der Waals surface area contributed by atoms with Crippen LogP contribution in [0.5, 0.6) is 0 Å². The molecule has 0 unspecified atom stereocenters. The minimum atomic E-state index is -1.01. The largest absolute Gasteiger partial charge is 0.479 e. The Hall–Kier alpha value is -1.85. The van der Waals surface area contributed by atoms with Crippen LogP contribution in [0, 0.1) is 0 Å². The van der Waals surface area contributed by atoms with Crippen LogP contribution in [0.15, 0.2) is 12.4 Å². The summed E-state index contributed by atoms with van der Waals surface area (Å²) in [4.78, 5) is 25.5. The number of carbonyl (C=O) groups is 2. The van der Waals surface area contributed by atoms with Gasteiger partial charge >= 0.3 is 5.97 Å². The van der Waals surface area contributed by atoms with E-state index < -0.39 is 11.5 Å². The van der Waals surface area contributed by atoms with Gasteiger partial charge in [0.2, 0.25) is 5.91 Å². The first-order valence-electron chi connectivity index (χ1n) is 7.43. The second kappa shape index (κ2) is 6.28. The van der Waals surface area contributed by atoms with E-state index in [-0.39, 0.29) is 5.91 Å². The summed E-state index contributed by atoms with van der Waals surface area (Å²) in [5.41, 5.74) is -0.0168. The average Bonchev–Trinajstić information content (AvgIpc) is 2.90. The molecular weight excluding hydrogens is 270 g/mol. The predicted octanol–water partition coefficient (Wildman–Crippen LogP) is 1.60. The van der Waals surface area contributed by atoms with Crippen molar-refractivity contribution in [2.24, 2.45) is 7.05 Å². The molecule has 0 aliphatic heterocycles. The van der Waals surface area contributed by atoms with E-state index in [4.69, 9.17) is 0 Å². The van der Waals surface area contributed by atoms with Crippen LogP contribution in [0.2, 0.25) is 0 Å². The first kappa shape index (κ1) is 15.5. The Morgan fingerprint density at radius 2 is 2.05 bits per heavy atom. The van der Waals surface area contributed by atoms with E-state index in [1.54, 1.807) is 17.9 Å². The normalized spacial score (nSPS) is 17.4. The maximum Gasteiger partial charge on any atom is 0.329 e. The van der Waals surface area contributed by atoms with Gasteiger partial charge in [-0.15, -0.1) is 0 Å². The molecule has 116 valence electrons. The fourth-order valence-corrected chi connectivity index (χ4v) is 3.09. The van der Waals surface area contributed by atoms with E-state index in [2.05, 4.69) is 5.10 Å². The second-order valence-corrected chi connectivity index (χ2v) is 5.87. The standard InChI is InChI=1S/C15H23N3O3/c1-17-11-12(10-16-17)6-7-13(19)18(2)15(14(20)21)8-4-3-5-9-15/h10-11H,3-9H2,1-2H3,(H,20,21). The maximum atomic E-state index is 12.4. The summed E-state index contributed by atoms with van der Waals surface area (Å²) >= 11 is 0. The van der Waals surface area contributed by atoms with Gasteiger partial charge in [-0.25, -0.2) is 4.79 Å². The van der Waals surface area contributed by atoms with Crippen molar-refractivity contribution in [2.45, 2.75) is 50.5 Å². The van der Waals surface area contributed by atoms with Crippen LogP contribution < -0.4 is 0 Å². The molecule has 1 aliphatic carbocycles. The minimum Gasteiger partial charge on any atom is -0.479 e. The topological polar surface area (TPSA) is 75.4 Å². The van der Waals surface area contributed by atoms with Gasteiger partial charge in [0.1, 0.15) is 5.54 Å². The Morgan fingerprint density at radius 3 is 2.57 bits per heavy atom. The number of carbonyl (C=O) groups excluding carboxylic acids is 1. The number of carboxylic acid groups (broad SMARTS) is 1. The summed E-state index contributed by atoms with van der Waals surface area (Å²) in [7, 11) is 3.46. The molecule has 0 saturated heterocycles. The van der Waals surface area contributed by atoms with Gasteiger partial charge in [0, 0.05) is 26.7 Å². The molecule has 1 N–H and O–H groups in total. The molecule has 1 saturated carbocycles. The highest BCUT2D eigenvalue weighted by atomic mass is 16.4. The number of hydrogen-bond acceptors (Lipinski definition) is 3. The molecule has 0 spiro atoms. The monoisotopic (exact) mass is 293 g/mol. The highest BCUT2D eigenvalue weighted by Crippen LogP contribution is 2.33. The second-order valence-electron chi connectivity index (χ2n) is 5.87. The average molecular weight is 293 g/mol. The van der Waals surface area contributed by atoms with E-state index in [0.29, 0.717) is 25.7 Å². The van der Waals surface area contributed by atoms with E-state index in [0.717, 1.165) is 24.8 Å². The summed E-state index contributed by atoms with van der Waals surface area (Å²) in [5, 5.41) is 13.7. The third kappa shape index (κ3) is 3.25. The van der Waals surface area contributed by atoms with Gasteiger partial charge in [-0.3, -0.25) is 9.48 Å². The van der Waals surface area contributed by atoms with Crippen molar-refractivity contribution < 1.29 is 14.7 Å². The van der Waals surface area contributed by atoms with Crippen molar-refractivity contribution >= 4 is 11.9 Å². The lowest BCUT2D eigenvalue weighted by atomic mass is 9.80. The zero-order chi connectivity index (χ0) is 15.5. The SMILES string of the molecule is CN(C(=O)CCc1cnn(C)c1)C1(C(=O)O)CCCCC1. The number of carboxylic acids is 1. The Morgan fingerprint density at radius 1 is 1.38 bits per heavy atom. The quantitative estimate of drug-likeness (QED) is 0.894. The third-order valence-electron chi connectivity index (χ3n) is 4.48. The lowest BCUT2D eigenvalue weighted by Gasteiger charge is -2.41. The van der Waals surface area contributed by atoms with Crippen molar-refractivity contribution in [3.8, 4) is 0 Å². The van der Waals surface area contributed by atoms with Crippen molar-refractivity contribution in [1.82, 2.24) is 14.7 Å². The number of likely N-dealkylation sites (N-methyl/N-ethyl adjacent to an activating group) is 1. The van der Waals surface area contributed by atoms with Gasteiger partial charge < -0.3 is 10.0 Å². The molecule has 1 aromatic heterocycles. The molecule has 1 fully saturated rings. The van der Waals surface area contributed by atoms with Gasteiger partial charge in [0.05, 0.1) is 6.20 Å². The van der Waals surface area contributed by atoms with Crippen LogP contribution in [0.4, 0.5) is 0 Å². The number of aryl methyl sites for hydroxylation is 2. The summed E-state index contributed by atoms with van der Waals surface area (Å²) in [6, 6.07) is 0. The Kier molecular flexibility index (Phi) is 4.65. The van der Waals surface area contributed by atoms with Crippen LogP contribution in [-0.2, 0) is 23.1 Å². The number of amides is 1. The number of rotatable bonds is 5. The fourth-order valence-electron chi connectivity index (χ4n) is 3.09. The zero-order valence-corrected chi connectivity index (χ0v) is 12.7. The van der Waals surface area contributed by atoms with E-state index in [1.807, 2.05) is 13.2 Å². The van der Waals surface area contributed by atoms with Crippen LogP contribution >= 0.6 is 0 Å². The van der Waals surface area contributed by atoms with E-state index >= 15 is 0 Å². The Labute approximate surface area is 124 Å². The molecular formula is C15H23N3O3. The first-order valence-corrected chi connectivity index (χ1v) is 7.43. The van der Waals surface area contributed by atoms with E-state index in [1.165, 1.54) is 4.90 Å². The highest BCUT2D eigenvalue weighted by molar-refractivity contribution is 5.87. The Bertz CT molecular complexity index is 518. The van der Waals surface area contributed by atoms with Crippen LogP contribution in [0.25, 0.3) is 0 Å². The maximum absolute atomic E-state index is 12.4. The van der Waals surface area contributed by atoms with Crippen molar-refractivity contribution in [2.75, 3.05) is 7.05 Å². The summed E-state index contributed by atoms with van der Waals surface area (Å²) < 4.78 is 1.70. The predicted molar refractivity (Wildman–Crippen MR) is 77.8 cm³/mol. The molecule has 1 aromatic rings. The number of hydrogen-bond donors (Lipinski definition) is 1. The van der Waals surface area contributed by atoms with Crippen LogP contribution in [0.1, 0.15) is 44.1 Å². The molecule has 0 bridgehead atoms. The number of aromatic nitrogens is 2. The molecule has 0 atom stereocenters. The zero-order valence-electron chi connectivity index (χ0n) is 12.7. The lowest BCUT2D eigenvalue weighted by Crippen LogP contribution is -2.56. The van der Waals surface area contributed by atoms with Gasteiger partial charge in [-0.1, -0.05) is 19.3 Å². The molecule has 0 aromatic carbocycles. The van der Waals surface area contributed by atoms with Crippen LogP contribution in [-0.4, -0.2) is 44.3 Å². The smallest absolute Gasteiger partial charge is 0.329 e. The Balaban J connectivity index is 2.01. The molecule has 1 amide bonds. The third-order valence-corrected chi connectivity index (χ3v) is 4.48. The van der Waals surface area contributed by atoms with Gasteiger partial charge in [-0.05, 0) is 24.8 Å². The molecule has 1 heterocycles. The molecule has 6 heteroatoms. The van der Waals surface area contributed by atoms with E-state index in [9.17, 15) is 14.7 Å². The van der Waals surface area contributed by atoms with Crippen molar-refractivity contribution in [3.05, 3.63) is 18.0 Å². The summed E-state index contributed by atoms with van der Waals surface area (Å²) in [6.45, 7) is 0. The van der Waals surface area contributed by atoms with Gasteiger partial charge in [0.15, 0.2) is 0 Å². The van der Waals surface area contributed by atoms with Crippen molar-refractivity contribution in [1.29, 1.82) is 0 Å². The van der Waals surface area contributed by atoms with Gasteiger partial charge in [0.25, 0.3) is 0 Å². The minimum absolute atomic E-state index is 0.108. The van der Waals surface area contributed by atoms with Gasteiger partial charge in [-0.2, -0.15) is 5.10 Å². The molecule has 1 aliphatic rings. The molecule has 6 nitrogen and oxygen atoms in total. The molecule has 2 rings (SSSR count). The lowest BCUT2D eigenvalue weighted by molar-refractivity contribution is -0.160. The number of aliphatic carboxylic acids is 1. The first-order chi connectivity index (χ1) is 9.95.